The normalized spacial score (nSPS) is 18.3. The Bertz CT molecular complexity index is 1510. The molecular formula is C28H25ClN6O5S2. The lowest BCUT2D eigenvalue weighted by Crippen LogP contribution is -2.71. The van der Waals surface area contributed by atoms with Crippen LogP contribution in [0.4, 0.5) is 5.13 Å². The zero-order valence-electron chi connectivity index (χ0n) is 22.0. The van der Waals surface area contributed by atoms with Gasteiger partial charge in [-0.05, 0) is 16.7 Å². The van der Waals surface area contributed by atoms with Crippen LogP contribution >= 0.6 is 34.9 Å². The van der Waals surface area contributed by atoms with Crippen LogP contribution in [0.25, 0.3) is 0 Å². The second-order valence-corrected chi connectivity index (χ2v) is 11.2. The number of nitrogens with zero attached hydrogens (tertiary/aromatic N) is 4. The first-order chi connectivity index (χ1) is 20.4. The fourth-order valence-corrected chi connectivity index (χ4v) is 6.51. The number of rotatable bonds is 11. The van der Waals surface area contributed by atoms with Crippen molar-refractivity contribution in [3.05, 3.63) is 102 Å². The fraction of sp³-hybridized carbons (Fsp3) is 0.214. The number of esters is 1. The van der Waals surface area contributed by atoms with E-state index in [1.165, 1.54) is 22.7 Å². The first-order valence-electron chi connectivity index (χ1n) is 12.7. The average molecular weight is 625 g/mol. The number of halogens is 1. The van der Waals surface area contributed by atoms with Crippen LogP contribution in [-0.2, 0) is 24.0 Å². The van der Waals surface area contributed by atoms with Crippen molar-refractivity contribution >= 4 is 63.5 Å². The molecule has 2 aromatic carbocycles. The van der Waals surface area contributed by atoms with Crippen molar-refractivity contribution in [1.29, 1.82) is 0 Å². The molecule has 0 radical (unpaired) electrons. The predicted octanol–water partition coefficient (Wildman–Crippen LogP) is 3.25. The molecule has 3 heterocycles. The number of nitrogens with two attached hydrogens (primary N) is 1. The molecule has 1 aromatic heterocycles. The van der Waals surface area contributed by atoms with Crippen molar-refractivity contribution in [1.82, 2.24) is 19.6 Å². The van der Waals surface area contributed by atoms with E-state index in [1.54, 1.807) is 0 Å². The highest BCUT2D eigenvalue weighted by Gasteiger charge is 2.55. The molecule has 0 aliphatic carbocycles. The number of β-lactam (4-membered cyclic amide) rings is 1. The molecule has 0 spiro atoms. The number of ether oxygens (including phenoxy) is 1. The second-order valence-electron chi connectivity index (χ2n) is 9.03. The lowest BCUT2D eigenvalue weighted by Gasteiger charge is -2.49. The van der Waals surface area contributed by atoms with Gasteiger partial charge < -0.3 is 20.6 Å². The van der Waals surface area contributed by atoms with Gasteiger partial charge in [0.1, 0.15) is 23.7 Å². The summed E-state index contributed by atoms with van der Waals surface area (Å²) in [4.78, 5) is 50.8. The summed E-state index contributed by atoms with van der Waals surface area (Å²) >= 11 is 8.48. The molecule has 216 valence electrons. The standard InChI is InChI=1S/C28H25ClN6O5S2/c1-2-13-39-33-19(23-32-28(30)42-34-23)24(36)31-20-25(37)35-21(18(14-29)15-41-26(20)35)27(38)40-22(16-9-5-3-6-10-16)17-11-7-4-8-12-17/h2-12,20,22,26H,1,13-15H2,(H,31,36)(H2,30,32,34)/t20?,26-/m1/s1. The third-order valence-electron chi connectivity index (χ3n) is 6.33. The highest BCUT2D eigenvalue weighted by atomic mass is 35.5. The number of fused-ring (bicyclic) bond motifs is 1. The molecule has 11 nitrogen and oxygen atoms in total. The predicted molar refractivity (Wildman–Crippen MR) is 161 cm³/mol. The zero-order valence-corrected chi connectivity index (χ0v) is 24.4. The highest BCUT2D eigenvalue weighted by molar-refractivity contribution is 8.00. The number of aromatic nitrogens is 2. The molecule has 3 aromatic rings. The monoisotopic (exact) mass is 624 g/mol. The van der Waals surface area contributed by atoms with Gasteiger partial charge in [-0.2, -0.15) is 9.36 Å². The lowest BCUT2D eigenvalue weighted by atomic mass is 10.0. The Morgan fingerprint density at radius 3 is 2.43 bits per heavy atom. The zero-order chi connectivity index (χ0) is 29.6. The van der Waals surface area contributed by atoms with Gasteiger partial charge in [-0.1, -0.05) is 78.5 Å². The van der Waals surface area contributed by atoms with E-state index in [9.17, 15) is 14.4 Å². The molecule has 1 fully saturated rings. The molecule has 14 heteroatoms. The number of carbonyl (C=O) groups is 3. The largest absolute Gasteiger partial charge is 0.448 e. The smallest absolute Gasteiger partial charge is 0.356 e. The molecule has 1 unspecified atom stereocenters. The maximum Gasteiger partial charge on any atom is 0.356 e. The number of alkyl halides is 1. The SMILES string of the molecule is C=CCON=C(C(=O)NC1C(=O)N2C(C(=O)OC(c3ccccc3)c3ccccc3)=C(CCl)CS[C@H]12)c1nsc(N)n1. The molecule has 3 N–H and O–H groups in total. The number of amides is 2. The van der Waals surface area contributed by atoms with Crippen molar-refractivity contribution in [2.24, 2.45) is 5.16 Å². The summed E-state index contributed by atoms with van der Waals surface area (Å²) in [5, 5.41) is 6.05. The first-order valence-corrected chi connectivity index (χ1v) is 15.0. The Labute approximate surface area is 254 Å². The van der Waals surface area contributed by atoms with Crippen molar-refractivity contribution in [3.8, 4) is 0 Å². The number of hydrogen-bond donors (Lipinski definition) is 2. The molecule has 2 aliphatic heterocycles. The van der Waals surface area contributed by atoms with Crippen LogP contribution in [0.1, 0.15) is 23.1 Å². The van der Waals surface area contributed by atoms with Crippen molar-refractivity contribution in [2.45, 2.75) is 17.5 Å². The molecule has 0 saturated carbocycles. The van der Waals surface area contributed by atoms with E-state index in [4.69, 9.17) is 26.9 Å². The number of nitrogens with one attached hydrogen (secondary N) is 1. The van der Waals surface area contributed by atoms with E-state index >= 15 is 0 Å². The van der Waals surface area contributed by atoms with Gasteiger partial charge in [0, 0.05) is 23.2 Å². The number of thioether (sulfide) groups is 1. The van der Waals surface area contributed by atoms with Crippen LogP contribution in [0.15, 0.2) is 89.7 Å². The third kappa shape index (κ3) is 6.03. The van der Waals surface area contributed by atoms with Gasteiger partial charge in [-0.25, -0.2) is 4.79 Å². The molecule has 2 amide bonds. The molecule has 1 saturated heterocycles. The van der Waals surface area contributed by atoms with Gasteiger partial charge >= 0.3 is 5.97 Å². The summed E-state index contributed by atoms with van der Waals surface area (Å²) in [6.45, 7) is 3.58. The molecule has 5 rings (SSSR count). The average Bonchev–Trinajstić information content (AvgIpc) is 3.46. The maximum absolute atomic E-state index is 13.7. The van der Waals surface area contributed by atoms with Crippen molar-refractivity contribution in [2.75, 3.05) is 24.0 Å². The number of nitrogen functional groups attached to an aromatic ring is 1. The highest BCUT2D eigenvalue weighted by Crippen LogP contribution is 2.42. The molecule has 0 bridgehead atoms. The van der Waals surface area contributed by atoms with Crippen LogP contribution in [0, 0.1) is 0 Å². The number of anilines is 1. The second kappa shape index (κ2) is 13.2. The number of benzene rings is 2. The van der Waals surface area contributed by atoms with Gasteiger partial charge in [0.05, 0.1) is 0 Å². The number of hydrogen-bond acceptors (Lipinski definition) is 11. The van der Waals surface area contributed by atoms with Crippen LogP contribution in [0.5, 0.6) is 0 Å². The molecule has 42 heavy (non-hydrogen) atoms. The summed E-state index contributed by atoms with van der Waals surface area (Å²) < 4.78 is 10.1. The van der Waals surface area contributed by atoms with Crippen LogP contribution in [0.3, 0.4) is 0 Å². The summed E-state index contributed by atoms with van der Waals surface area (Å²) in [5.74, 6) is -1.57. The number of oxime groups is 1. The van der Waals surface area contributed by atoms with Crippen molar-refractivity contribution < 1.29 is 24.0 Å². The Hall–Kier alpha value is -4.20. The van der Waals surface area contributed by atoms with Crippen LogP contribution in [-0.4, -0.2) is 67.4 Å². The van der Waals surface area contributed by atoms with Crippen LogP contribution in [0.2, 0.25) is 0 Å². The molecular weight excluding hydrogens is 600 g/mol. The Kier molecular flexibility index (Phi) is 9.20. The summed E-state index contributed by atoms with van der Waals surface area (Å²) in [6.07, 6.45) is 0.742. The lowest BCUT2D eigenvalue weighted by molar-refractivity contribution is -0.154. The topological polar surface area (TPSA) is 149 Å². The summed E-state index contributed by atoms with van der Waals surface area (Å²) in [5.41, 5.74) is 7.61. The number of carbonyl (C=O) groups excluding carboxylic acids is 3. The van der Waals surface area contributed by atoms with E-state index in [1.807, 2.05) is 60.7 Å². The third-order valence-corrected chi connectivity index (χ3v) is 8.54. The van der Waals surface area contributed by atoms with E-state index in [-0.39, 0.29) is 34.9 Å². The van der Waals surface area contributed by atoms with Gasteiger partial charge in [0.2, 0.25) is 11.5 Å². The Morgan fingerprint density at radius 2 is 1.86 bits per heavy atom. The summed E-state index contributed by atoms with van der Waals surface area (Å²) in [7, 11) is 0. The quantitative estimate of drug-likeness (QED) is 0.0623. The van der Waals surface area contributed by atoms with Crippen LogP contribution < -0.4 is 11.1 Å². The summed E-state index contributed by atoms with van der Waals surface area (Å²) in [6, 6.07) is 17.7. The fourth-order valence-electron chi connectivity index (χ4n) is 4.40. The molecule has 2 aliphatic rings. The van der Waals surface area contributed by atoms with Crippen molar-refractivity contribution in [3.63, 3.8) is 0 Å². The molecule has 2 atom stereocenters. The minimum atomic E-state index is -0.957. The van der Waals surface area contributed by atoms with Gasteiger partial charge in [-0.3, -0.25) is 14.5 Å². The Morgan fingerprint density at radius 1 is 1.19 bits per heavy atom. The van der Waals surface area contributed by atoms with E-state index in [2.05, 4.69) is 26.4 Å². The van der Waals surface area contributed by atoms with Gasteiger partial charge in [0.15, 0.2) is 11.2 Å². The minimum Gasteiger partial charge on any atom is -0.448 e. The maximum atomic E-state index is 13.7. The Balaban J connectivity index is 1.37. The van der Waals surface area contributed by atoms with E-state index in [0.717, 1.165) is 22.7 Å². The minimum absolute atomic E-state index is 0.0284. The van der Waals surface area contributed by atoms with E-state index < -0.39 is 35.3 Å². The van der Waals surface area contributed by atoms with Gasteiger partial charge in [-0.15, -0.1) is 23.4 Å². The van der Waals surface area contributed by atoms with Gasteiger partial charge in [0.25, 0.3) is 11.8 Å². The first kappa shape index (κ1) is 29.3. The van der Waals surface area contributed by atoms with E-state index in [0.29, 0.717) is 11.3 Å².